The van der Waals surface area contributed by atoms with E-state index in [1.54, 1.807) is 48.5 Å². The first-order chi connectivity index (χ1) is 14.7. The molecule has 0 spiro atoms. The molecule has 0 radical (unpaired) electrons. The van der Waals surface area contributed by atoms with Gasteiger partial charge in [-0.25, -0.2) is 13.2 Å². The molecule has 1 aliphatic heterocycles. The molecule has 1 atom stereocenters. The lowest BCUT2D eigenvalue weighted by Gasteiger charge is -2.33. The molecule has 0 bridgehead atoms. The predicted molar refractivity (Wildman–Crippen MR) is 120 cm³/mol. The van der Waals surface area contributed by atoms with Gasteiger partial charge in [0.15, 0.2) is 0 Å². The van der Waals surface area contributed by atoms with Crippen molar-refractivity contribution in [3.8, 4) is 5.75 Å². The number of nitrogens with zero attached hydrogens (tertiary/aromatic N) is 2. The standard InChI is InChI=1S/C21H20N2O6S2/c1-22(31(3,26)27)14-8-9-18-13(10-14)11-19(30-18)20(24)23-12-17(21(25)28-2)29-16-7-5-4-6-15(16)23/h4-11,17H,12H2,1-3H3. The van der Waals surface area contributed by atoms with E-state index in [0.29, 0.717) is 22.0 Å². The molecule has 1 unspecified atom stereocenters. The van der Waals surface area contributed by atoms with Gasteiger partial charge in [0, 0.05) is 11.7 Å². The quantitative estimate of drug-likeness (QED) is 0.556. The minimum absolute atomic E-state index is 0.0266. The summed E-state index contributed by atoms with van der Waals surface area (Å²) < 4.78 is 36.2. The van der Waals surface area contributed by atoms with Crippen LogP contribution in [0.15, 0.2) is 48.5 Å². The van der Waals surface area contributed by atoms with E-state index < -0.39 is 22.1 Å². The number of carbonyl (C=O) groups is 2. The number of carbonyl (C=O) groups excluding carboxylic acids is 2. The van der Waals surface area contributed by atoms with Crippen LogP contribution in [0.1, 0.15) is 9.67 Å². The van der Waals surface area contributed by atoms with Crippen LogP contribution < -0.4 is 13.9 Å². The summed E-state index contributed by atoms with van der Waals surface area (Å²) in [5.74, 6) is -0.406. The van der Waals surface area contributed by atoms with Gasteiger partial charge < -0.3 is 9.47 Å². The van der Waals surface area contributed by atoms with Gasteiger partial charge >= 0.3 is 5.97 Å². The maximum Gasteiger partial charge on any atom is 0.348 e. The number of thiophene rings is 1. The number of hydrogen-bond donors (Lipinski definition) is 0. The summed E-state index contributed by atoms with van der Waals surface area (Å²) in [7, 11) is -0.646. The highest BCUT2D eigenvalue weighted by Gasteiger charge is 2.35. The Kier molecular flexibility index (Phi) is 5.36. The van der Waals surface area contributed by atoms with Crippen LogP contribution in [0.5, 0.6) is 5.75 Å². The van der Waals surface area contributed by atoms with Gasteiger partial charge in [-0.15, -0.1) is 11.3 Å². The highest BCUT2D eigenvalue weighted by Crippen LogP contribution is 2.36. The van der Waals surface area contributed by atoms with Crippen LogP contribution in [0, 0.1) is 0 Å². The van der Waals surface area contributed by atoms with E-state index in [4.69, 9.17) is 9.47 Å². The Balaban J connectivity index is 1.71. The summed E-state index contributed by atoms with van der Waals surface area (Å²) in [6.07, 6.45) is 0.209. The summed E-state index contributed by atoms with van der Waals surface area (Å²) in [5.41, 5.74) is 1.08. The molecule has 0 aliphatic carbocycles. The first-order valence-electron chi connectivity index (χ1n) is 9.32. The lowest BCUT2D eigenvalue weighted by atomic mass is 10.1. The molecule has 31 heavy (non-hydrogen) atoms. The number of benzene rings is 2. The number of sulfonamides is 1. The van der Waals surface area contributed by atoms with Crippen LogP contribution in [0.3, 0.4) is 0 Å². The number of hydrogen-bond acceptors (Lipinski definition) is 7. The Morgan fingerprint density at radius 1 is 1.19 bits per heavy atom. The molecule has 2 heterocycles. The Morgan fingerprint density at radius 2 is 1.94 bits per heavy atom. The SMILES string of the molecule is COC(=O)C1CN(C(=O)c2cc3cc(N(C)S(C)(=O)=O)ccc3s2)c2ccccc2O1. The van der Waals surface area contributed by atoms with Crippen molar-refractivity contribution in [3.05, 3.63) is 53.4 Å². The third-order valence-corrected chi connectivity index (χ3v) is 7.36. The Hall–Kier alpha value is -3.11. The average molecular weight is 461 g/mol. The predicted octanol–water partition coefficient (Wildman–Crippen LogP) is 2.88. The van der Waals surface area contributed by atoms with Gasteiger partial charge in [-0.3, -0.25) is 14.0 Å². The van der Waals surface area contributed by atoms with E-state index in [1.807, 2.05) is 0 Å². The minimum Gasteiger partial charge on any atom is -0.475 e. The summed E-state index contributed by atoms with van der Waals surface area (Å²) >= 11 is 1.30. The third-order valence-electron chi connectivity index (χ3n) is 5.05. The van der Waals surface area contributed by atoms with Crippen molar-refractivity contribution >= 4 is 54.7 Å². The van der Waals surface area contributed by atoms with Crippen LogP contribution in [-0.2, 0) is 19.6 Å². The fraction of sp³-hybridized carbons (Fsp3) is 0.238. The molecule has 8 nitrogen and oxygen atoms in total. The van der Waals surface area contributed by atoms with Gasteiger partial charge in [-0.2, -0.15) is 0 Å². The number of esters is 1. The van der Waals surface area contributed by atoms with Crippen molar-refractivity contribution in [1.29, 1.82) is 0 Å². The van der Waals surface area contributed by atoms with Gasteiger partial charge in [0.2, 0.25) is 16.1 Å². The second-order valence-electron chi connectivity index (χ2n) is 7.08. The number of ether oxygens (including phenoxy) is 2. The first kappa shape index (κ1) is 21.1. The zero-order valence-electron chi connectivity index (χ0n) is 17.1. The van der Waals surface area contributed by atoms with E-state index in [2.05, 4.69) is 0 Å². The van der Waals surface area contributed by atoms with Crippen LogP contribution in [0.25, 0.3) is 10.1 Å². The molecule has 1 aliphatic rings. The lowest BCUT2D eigenvalue weighted by Crippen LogP contribution is -2.47. The average Bonchev–Trinajstić information content (AvgIpc) is 3.19. The maximum absolute atomic E-state index is 13.4. The van der Waals surface area contributed by atoms with Crippen LogP contribution in [-0.4, -0.2) is 53.4 Å². The molecule has 3 aromatic rings. The second kappa shape index (κ2) is 7.86. The molecule has 4 rings (SSSR count). The highest BCUT2D eigenvalue weighted by atomic mass is 32.2. The van der Waals surface area contributed by atoms with Crippen LogP contribution in [0.2, 0.25) is 0 Å². The minimum atomic E-state index is -3.40. The summed E-state index contributed by atoms with van der Waals surface area (Å²) in [6.45, 7) is 0.0266. The topological polar surface area (TPSA) is 93.2 Å². The van der Waals surface area contributed by atoms with E-state index >= 15 is 0 Å². The van der Waals surface area contributed by atoms with E-state index in [0.717, 1.165) is 16.3 Å². The van der Waals surface area contributed by atoms with Gasteiger partial charge in [0.05, 0.1) is 36.2 Å². The van der Waals surface area contributed by atoms with Crippen molar-refractivity contribution in [1.82, 2.24) is 0 Å². The summed E-state index contributed by atoms with van der Waals surface area (Å²) in [5, 5.41) is 0.757. The molecule has 10 heteroatoms. The number of methoxy groups -OCH3 is 1. The molecule has 162 valence electrons. The van der Waals surface area contributed by atoms with Crippen molar-refractivity contribution in [2.45, 2.75) is 6.10 Å². The van der Waals surface area contributed by atoms with Crippen LogP contribution >= 0.6 is 11.3 Å². The lowest BCUT2D eigenvalue weighted by molar-refractivity contribution is -0.148. The highest BCUT2D eigenvalue weighted by molar-refractivity contribution is 7.92. The molecule has 0 N–H and O–H groups in total. The fourth-order valence-electron chi connectivity index (χ4n) is 3.34. The number of fused-ring (bicyclic) bond motifs is 2. The monoisotopic (exact) mass is 460 g/mol. The molecular formula is C21H20N2O6S2. The normalized spacial score (nSPS) is 15.8. The second-order valence-corrected chi connectivity index (χ2v) is 10.2. The Bertz CT molecular complexity index is 1280. The fourth-order valence-corrected chi connectivity index (χ4v) is 4.83. The van der Waals surface area contributed by atoms with Gasteiger partial charge in [0.1, 0.15) is 5.75 Å². The number of anilines is 2. The molecule has 1 amide bonds. The van der Waals surface area contributed by atoms with Crippen molar-refractivity contribution in [2.75, 3.05) is 36.2 Å². The number of para-hydroxylation sites is 2. The summed E-state index contributed by atoms with van der Waals surface area (Å²) in [4.78, 5) is 27.4. The Morgan fingerprint density at radius 3 is 2.65 bits per heavy atom. The molecular weight excluding hydrogens is 440 g/mol. The zero-order chi connectivity index (χ0) is 22.3. The van der Waals surface area contributed by atoms with Gasteiger partial charge in [0.25, 0.3) is 5.91 Å². The molecule has 0 saturated heterocycles. The Labute approximate surface area is 183 Å². The largest absolute Gasteiger partial charge is 0.475 e. The number of amides is 1. The molecule has 2 aromatic carbocycles. The third kappa shape index (κ3) is 3.96. The molecule has 0 fully saturated rings. The van der Waals surface area contributed by atoms with Gasteiger partial charge in [-0.05, 0) is 41.8 Å². The van der Waals surface area contributed by atoms with Gasteiger partial charge in [-0.1, -0.05) is 12.1 Å². The van der Waals surface area contributed by atoms with E-state index in [1.165, 1.54) is 34.7 Å². The molecule has 0 saturated carbocycles. The zero-order valence-corrected chi connectivity index (χ0v) is 18.7. The maximum atomic E-state index is 13.4. The first-order valence-corrected chi connectivity index (χ1v) is 12.0. The summed E-state index contributed by atoms with van der Waals surface area (Å²) in [6, 6.07) is 14.0. The molecule has 1 aromatic heterocycles. The van der Waals surface area contributed by atoms with Crippen molar-refractivity contribution in [2.24, 2.45) is 0 Å². The van der Waals surface area contributed by atoms with E-state index in [9.17, 15) is 18.0 Å². The van der Waals surface area contributed by atoms with Crippen molar-refractivity contribution in [3.63, 3.8) is 0 Å². The number of rotatable bonds is 4. The van der Waals surface area contributed by atoms with Crippen molar-refractivity contribution < 1.29 is 27.5 Å². The van der Waals surface area contributed by atoms with E-state index in [-0.39, 0.29) is 12.5 Å². The smallest absolute Gasteiger partial charge is 0.348 e. The van der Waals surface area contributed by atoms with Crippen LogP contribution in [0.4, 0.5) is 11.4 Å².